The van der Waals surface area contributed by atoms with Gasteiger partial charge < -0.3 is 15.7 Å². The fraction of sp³-hybridized carbons (Fsp3) is 0. The van der Waals surface area contributed by atoms with Crippen LogP contribution in [0.1, 0.15) is 10.4 Å². The van der Waals surface area contributed by atoms with E-state index in [1.54, 1.807) is 42.5 Å². The van der Waals surface area contributed by atoms with E-state index in [1.807, 2.05) is 0 Å². The van der Waals surface area contributed by atoms with Crippen molar-refractivity contribution in [3.63, 3.8) is 0 Å². The fourth-order valence-electron chi connectivity index (χ4n) is 2.16. The number of aromatic carboxylic acids is 1. The Balaban J connectivity index is 1.87. The van der Waals surface area contributed by atoms with Gasteiger partial charge in [-0.15, -0.1) is 0 Å². The zero-order valence-electron chi connectivity index (χ0n) is 12.7. The third-order valence-corrected chi connectivity index (χ3v) is 3.93. The standard InChI is InChI=1S/C17H12Cl2N4O2/c18-11-5-3-6-12(19)16(11)23-15-8-14(20-9-21-15)22-13-7-2-1-4-10(13)17(24)25/h1-9H,(H,24,25)(H2,20,21,22,23). The van der Waals surface area contributed by atoms with E-state index < -0.39 is 5.97 Å². The molecule has 0 saturated heterocycles. The molecule has 0 aliphatic carbocycles. The van der Waals surface area contributed by atoms with Crippen LogP contribution in [0.3, 0.4) is 0 Å². The molecule has 0 atom stereocenters. The number of rotatable bonds is 5. The molecule has 0 saturated carbocycles. The Morgan fingerprint density at radius 2 is 1.56 bits per heavy atom. The summed E-state index contributed by atoms with van der Waals surface area (Å²) in [4.78, 5) is 19.5. The zero-order chi connectivity index (χ0) is 17.8. The average molecular weight is 375 g/mol. The molecule has 126 valence electrons. The summed E-state index contributed by atoms with van der Waals surface area (Å²) in [6, 6.07) is 13.3. The first kappa shape index (κ1) is 17.0. The van der Waals surface area contributed by atoms with Crippen LogP contribution in [0.5, 0.6) is 0 Å². The van der Waals surface area contributed by atoms with Crippen LogP contribution in [0.25, 0.3) is 0 Å². The predicted octanol–water partition coefficient (Wildman–Crippen LogP) is 4.97. The van der Waals surface area contributed by atoms with Crippen molar-refractivity contribution in [2.75, 3.05) is 10.6 Å². The summed E-state index contributed by atoms with van der Waals surface area (Å²) in [5, 5.41) is 16.2. The number of para-hydroxylation sites is 2. The summed E-state index contributed by atoms with van der Waals surface area (Å²) in [5.41, 5.74) is 1.10. The number of benzene rings is 2. The molecule has 0 unspecified atom stereocenters. The van der Waals surface area contributed by atoms with E-state index in [9.17, 15) is 9.90 Å². The lowest BCUT2D eigenvalue weighted by Gasteiger charge is -2.12. The highest BCUT2D eigenvalue weighted by molar-refractivity contribution is 6.39. The molecule has 3 aromatic rings. The fourth-order valence-corrected chi connectivity index (χ4v) is 2.65. The molecule has 6 nitrogen and oxygen atoms in total. The van der Waals surface area contributed by atoms with Crippen molar-refractivity contribution in [1.82, 2.24) is 9.97 Å². The van der Waals surface area contributed by atoms with Gasteiger partial charge in [-0.25, -0.2) is 14.8 Å². The Hall–Kier alpha value is -2.83. The molecule has 25 heavy (non-hydrogen) atoms. The summed E-state index contributed by atoms with van der Waals surface area (Å²) in [6.07, 6.45) is 1.35. The van der Waals surface area contributed by atoms with Gasteiger partial charge in [0.05, 0.1) is 27.0 Å². The maximum atomic E-state index is 11.3. The minimum atomic E-state index is -1.03. The number of aromatic nitrogens is 2. The Morgan fingerprint density at radius 3 is 2.24 bits per heavy atom. The Bertz CT molecular complexity index is 914. The number of nitrogens with one attached hydrogen (secondary N) is 2. The van der Waals surface area contributed by atoms with Gasteiger partial charge in [-0.05, 0) is 24.3 Å². The number of nitrogens with zero attached hydrogens (tertiary/aromatic N) is 2. The molecule has 0 aliphatic rings. The molecule has 3 N–H and O–H groups in total. The summed E-state index contributed by atoms with van der Waals surface area (Å²) in [6.45, 7) is 0. The van der Waals surface area contributed by atoms with Gasteiger partial charge >= 0.3 is 5.97 Å². The first-order valence-electron chi connectivity index (χ1n) is 7.17. The first-order valence-corrected chi connectivity index (χ1v) is 7.92. The first-order chi connectivity index (χ1) is 12.0. The van der Waals surface area contributed by atoms with Gasteiger partial charge in [0.15, 0.2) is 0 Å². The lowest BCUT2D eigenvalue weighted by atomic mass is 10.2. The van der Waals surface area contributed by atoms with Gasteiger partial charge in [-0.1, -0.05) is 41.4 Å². The highest BCUT2D eigenvalue weighted by atomic mass is 35.5. The second-order valence-electron chi connectivity index (χ2n) is 4.99. The predicted molar refractivity (Wildman–Crippen MR) is 98.5 cm³/mol. The van der Waals surface area contributed by atoms with E-state index in [1.165, 1.54) is 12.4 Å². The molecular weight excluding hydrogens is 363 g/mol. The number of halogens is 2. The Labute approximate surface area is 153 Å². The summed E-state index contributed by atoms with van der Waals surface area (Å²) in [5.74, 6) is -0.145. The van der Waals surface area contributed by atoms with E-state index in [0.717, 1.165) is 0 Å². The van der Waals surface area contributed by atoms with Gasteiger partial charge in [0.25, 0.3) is 0 Å². The van der Waals surface area contributed by atoms with Crippen molar-refractivity contribution in [2.24, 2.45) is 0 Å². The quantitative estimate of drug-likeness (QED) is 0.584. The molecule has 0 radical (unpaired) electrons. The van der Waals surface area contributed by atoms with Crippen LogP contribution < -0.4 is 10.6 Å². The summed E-state index contributed by atoms with van der Waals surface area (Å²) < 4.78 is 0. The minimum Gasteiger partial charge on any atom is -0.478 e. The maximum Gasteiger partial charge on any atom is 0.337 e. The molecule has 0 aliphatic heterocycles. The molecule has 2 aromatic carbocycles. The summed E-state index contributed by atoms with van der Waals surface area (Å²) >= 11 is 12.3. The molecular formula is C17H12Cl2N4O2. The highest BCUT2D eigenvalue weighted by Gasteiger charge is 2.11. The van der Waals surface area contributed by atoms with Crippen molar-refractivity contribution in [1.29, 1.82) is 0 Å². The Kier molecular flexibility index (Phi) is 5.02. The van der Waals surface area contributed by atoms with Gasteiger partial charge in [0.2, 0.25) is 0 Å². The van der Waals surface area contributed by atoms with Gasteiger partial charge in [0.1, 0.15) is 18.0 Å². The number of carboxylic acids is 1. The number of anilines is 4. The molecule has 0 spiro atoms. The van der Waals surface area contributed by atoms with E-state index in [-0.39, 0.29) is 5.56 Å². The van der Waals surface area contributed by atoms with E-state index >= 15 is 0 Å². The van der Waals surface area contributed by atoms with Crippen molar-refractivity contribution in [3.05, 3.63) is 70.5 Å². The SMILES string of the molecule is O=C(O)c1ccccc1Nc1cc(Nc2c(Cl)cccc2Cl)ncn1. The van der Waals surface area contributed by atoms with Crippen LogP contribution in [-0.2, 0) is 0 Å². The Morgan fingerprint density at radius 1 is 0.920 bits per heavy atom. The third-order valence-electron chi connectivity index (χ3n) is 3.30. The normalized spacial score (nSPS) is 10.3. The lowest BCUT2D eigenvalue weighted by molar-refractivity contribution is 0.0698. The summed E-state index contributed by atoms with van der Waals surface area (Å²) in [7, 11) is 0. The van der Waals surface area contributed by atoms with E-state index in [0.29, 0.717) is 33.1 Å². The van der Waals surface area contributed by atoms with Crippen LogP contribution in [-0.4, -0.2) is 21.0 Å². The molecule has 8 heteroatoms. The van der Waals surface area contributed by atoms with Crippen LogP contribution in [0.15, 0.2) is 54.9 Å². The molecule has 1 heterocycles. The average Bonchev–Trinajstić information content (AvgIpc) is 2.59. The molecule has 3 rings (SSSR count). The van der Waals surface area contributed by atoms with Crippen molar-refractivity contribution < 1.29 is 9.90 Å². The topological polar surface area (TPSA) is 87.1 Å². The number of carboxylic acid groups (broad SMARTS) is 1. The second kappa shape index (κ2) is 7.38. The zero-order valence-corrected chi connectivity index (χ0v) is 14.2. The van der Waals surface area contributed by atoms with Crippen LogP contribution in [0.4, 0.5) is 23.0 Å². The van der Waals surface area contributed by atoms with Gasteiger partial charge in [-0.2, -0.15) is 0 Å². The molecule has 0 bridgehead atoms. The van der Waals surface area contributed by atoms with Crippen molar-refractivity contribution in [3.8, 4) is 0 Å². The number of carbonyl (C=O) groups is 1. The van der Waals surface area contributed by atoms with E-state index in [4.69, 9.17) is 23.2 Å². The van der Waals surface area contributed by atoms with Crippen LogP contribution >= 0.6 is 23.2 Å². The van der Waals surface area contributed by atoms with Crippen molar-refractivity contribution >= 4 is 52.2 Å². The largest absolute Gasteiger partial charge is 0.478 e. The molecule has 0 fully saturated rings. The van der Waals surface area contributed by atoms with Crippen molar-refractivity contribution in [2.45, 2.75) is 0 Å². The molecule has 1 aromatic heterocycles. The highest BCUT2D eigenvalue weighted by Crippen LogP contribution is 2.32. The monoisotopic (exact) mass is 374 g/mol. The molecule has 0 amide bonds. The minimum absolute atomic E-state index is 0.143. The third kappa shape index (κ3) is 3.99. The van der Waals surface area contributed by atoms with E-state index in [2.05, 4.69) is 20.6 Å². The maximum absolute atomic E-state index is 11.3. The second-order valence-corrected chi connectivity index (χ2v) is 5.80. The lowest BCUT2D eigenvalue weighted by Crippen LogP contribution is -2.04. The number of hydrogen-bond donors (Lipinski definition) is 3. The van der Waals surface area contributed by atoms with Crippen LogP contribution in [0, 0.1) is 0 Å². The van der Waals surface area contributed by atoms with Crippen LogP contribution in [0.2, 0.25) is 10.0 Å². The van der Waals surface area contributed by atoms with Gasteiger partial charge in [-0.3, -0.25) is 0 Å². The smallest absolute Gasteiger partial charge is 0.337 e. The van der Waals surface area contributed by atoms with Gasteiger partial charge in [0, 0.05) is 6.07 Å². The number of hydrogen-bond acceptors (Lipinski definition) is 5.